The third kappa shape index (κ3) is 2.73. The maximum absolute atomic E-state index is 12.7. The second-order valence-electron chi connectivity index (χ2n) is 5.71. The van der Waals surface area contributed by atoms with E-state index >= 15 is 0 Å². The van der Waals surface area contributed by atoms with Crippen molar-refractivity contribution in [2.24, 2.45) is 14.1 Å². The predicted octanol–water partition coefficient (Wildman–Crippen LogP) is 1.60. The Labute approximate surface area is 140 Å². The van der Waals surface area contributed by atoms with Crippen LogP contribution in [0.15, 0.2) is 24.5 Å². The number of hydrogen-bond donors (Lipinski definition) is 1. The van der Waals surface area contributed by atoms with E-state index in [4.69, 9.17) is 4.74 Å². The Morgan fingerprint density at radius 2 is 2.12 bits per heavy atom. The van der Waals surface area contributed by atoms with Crippen molar-refractivity contribution in [2.45, 2.75) is 13.3 Å². The van der Waals surface area contributed by atoms with Crippen LogP contribution in [0.4, 0.5) is 0 Å². The Kier molecular flexibility index (Phi) is 4.24. The summed E-state index contributed by atoms with van der Waals surface area (Å²) in [5, 5.41) is 7.89. The molecule has 0 aliphatic heterocycles. The largest absolute Gasteiger partial charge is 0.497 e. The summed E-state index contributed by atoms with van der Waals surface area (Å²) in [6.07, 6.45) is 2.15. The van der Waals surface area contributed by atoms with Gasteiger partial charge in [-0.05, 0) is 25.1 Å². The molecule has 0 bridgehead atoms. The molecule has 0 aliphatic rings. The predicted molar refractivity (Wildman–Crippen MR) is 91.2 cm³/mol. The Morgan fingerprint density at radius 3 is 2.79 bits per heavy atom. The zero-order chi connectivity index (χ0) is 17.3. The molecule has 0 radical (unpaired) electrons. The van der Waals surface area contributed by atoms with Crippen LogP contribution in [0.3, 0.4) is 0 Å². The van der Waals surface area contributed by atoms with E-state index in [-0.39, 0.29) is 5.91 Å². The molecule has 2 aromatic heterocycles. The number of nitrogens with zero attached hydrogens (tertiary/aromatic N) is 4. The van der Waals surface area contributed by atoms with E-state index in [2.05, 4.69) is 15.4 Å². The van der Waals surface area contributed by atoms with E-state index in [0.717, 1.165) is 28.2 Å². The van der Waals surface area contributed by atoms with E-state index in [9.17, 15) is 4.79 Å². The molecule has 7 heteroatoms. The molecular weight excluding hydrogens is 306 g/mol. The third-order valence-corrected chi connectivity index (χ3v) is 4.37. The second-order valence-corrected chi connectivity index (χ2v) is 5.71. The number of amides is 1. The zero-order valence-corrected chi connectivity index (χ0v) is 14.3. The molecule has 0 spiro atoms. The first-order valence-corrected chi connectivity index (χ1v) is 7.77. The molecule has 1 aromatic carbocycles. The Morgan fingerprint density at radius 1 is 1.33 bits per heavy atom. The average Bonchev–Trinajstić information content (AvgIpc) is 3.09. The van der Waals surface area contributed by atoms with Crippen LogP contribution in [0.1, 0.15) is 21.9 Å². The fourth-order valence-electron chi connectivity index (χ4n) is 2.89. The molecular formula is C17H21N5O2. The first kappa shape index (κ1) is 16.0. The second kappa shape index (κ2) is 6.35. The van der Waals surface area contributed by atoms with Crippen LogP contribution in [0.5, 0.6) is 5.75 Å². The Hall–Kier alpha value is -2.83. The van der Waals surface area contributed by atoms with E-state index in [0.29, 0.717) is 18.5 Å². The monoisotopic (exact) mass is 327 g/mol. The molecule has 126 valence electrons. The van der Waals surface area contributed by atoms with Gasteiger partial charge in [-0.2, -0.15) is 5.10 Å². The molecule has 0 atom stereocenters. The number of hydrogen-bond acceptors (Lipinski definition) is 4. The fraction of sp³-hybridized carbons (Fsp3) is 0.353. The van der Waals surface area contributed by atoms with Crippen molar-refractivity contribution in [3.63, 3.8) is 0 Å². The minimum absolute atomic E-state index is 0.0893. The summed E-state index contributed by atoms with van der Waals surface area (Å²) in [5.74, 6) is 1.49. The highest BCUT2D eigenvalue weighted by molar-refractivity contribution is 6.08. The summed E-state index contributed by atoms with van der Waals surface area (Å²) in [4.78, 5) is 16.9. The number of aromatic nitrogens is 4. The van der Waals surface area contributed by atoms with Crippen LogP contribution in [-0.2, 0) is 20.5 Å². The minimum Gasteiger partial charge on any atom is -0.497 e. The summed E-state index contributed by atoms with van der Waals surface area (Å²) in [7, 11) is 5.42. The molecule has 0 aliphatic carbocycles. The molecule has 3 aromatic rings. The summed E-state index contributed by atoms with van der Waals surface area (Å²) < 4.78 is 9.02. The molecule has 0 saturated heterocycles. The van der Waals surface area contributed by atoms with Gasteiger partial charge in [-0.3, -0.25) is 9.48 Å². The maximum atomic E-state index is 12.7. The van der Waals surface area contributed by atoms with Crippen LogP contribution in [0, 0.1) is 6.92 Å². The smallest absolute Gasteiger partial charge is 0.253 e. The maximum Gasteiger partial charge on any atom is 0.253 e. The lowest BCUT2D eigenvalue weighted by Gasteiger charge is -2.06. The molecule has 0 unspecified atom stereocenters. The van der Waals surface area contributed by atoms with E-state index in [1.807, 2.05) is 43.8 Å². The lowest BCUT2D eigenvalue weighted by Crippen LogP contribution is -2.27. The van der Waals surface area contributed by atoms with E-state index in [1.165, 1.54) is 6.33 Å². The Bertz CT molecular complexity index is 894. The van der Waals surface area contributed by atoms with E-state index < -0.39 is 0 Å². The van der Waals surface area contributed by atoms with Gasteiger partial charge in [0.05, 0.1) is 12.7 Å². The molecule has 0 saturated carbocycles. The highest BCUT2D eigenvalue weighted by atomic mass is 16.5. The van der Waals surface area contributed by atoms with Crippen LogP contribution in [0.2, 0.25) is 0 Å². The van der Waals surface area contributed by atoms with Gasteiger partial charge in [0.1, 0.15) is 17.9 Å². The number of aryl methyl sites for hydroxylation is 2. The number of carbonyl (C=O) groups is 1. The quantitative estimate of drug-likeness (QED) is 0.772. The van der Waals surface area contributed by atoms with Crippen molar-refractivity contribution in [1.29, 1.82) is 0 Å². The van der Waals surface area contributed by atoms with Crippen LogP contribution < -0.4 is 10.1 Å². The lowest BCUT2D eigenvalue weighted by atomic mass is 10.1. The van der Waals surface area contributed by atoms with Gasteiger partial charge in [0, 0.05) is 43.7 Å². The van der Waals surface area contributed by atoms with Crippen molar-refractivity contribution >= 4 is 16.8 Å². The lowest BCUT2D eigenvalue weighted by molar-refractivity contribution is 0.0954. The molecule has 0 fully saturated rings. The van der Waals surface area contributed by atoms with Crippen molar-refractivity contribution < 1.29 is 9.53 Å². The summed E-state index contributed by atoms with van der Waals surface area (Å²) >= 11 is 0. The minimum atomic E-state index is -0.0893. The highest BCUT2D eigenvalue weighted by Gasteiger charge is 2.19. The number of methoxy groups -OCH3 is 1. The number of benzene rings is 1. The molecule has 1 N–H and O–H groups in total. The zero-order valence-electron chi connectivity index (χ0n) is 14.3. The van der Waals surface area contributed by atoms with Gasteiger partial charge in [0.25, 0.3) is 5.91 Å². The number of ether oxygens (including phenoxy) is 1. The number of carbonyl (C=O) groups excluding carboxylic acids is 1. The first-order chi connectivity index (χ1) is 11.5. The number of rotatable bonds is 5. The Balaban J connectivity index is 1.83. The number of nitrogens with one attached hydrogen (secondary N) is 1. The van der Waals surface area contributed by atoms with Crippen molar-refractivity contribution in [3.8, 4) is 5.75 Å². The molecule has 1 amide bonds. The third-order valence-electron chi connectivity index (χ3n) is 4.37. The summed E-state index contributed by atoms with van der Waals surface area (Å²) in [5.41, 5.74) is 2.62. The first-order valence-electron chi connectivity index (χ1n) is 7.77. The van der Waals surface area contributed by atoms with Gasteiger partial charge in [-0.25, -0.2) is 4.98 Å². The molecule has 3 rings (SSSR count). The van der Waals surface area contributed by atoms with Crippen molar-refractivity contribution in [2.75, 3.05) is 13.7 Å². The normalized spacial score (nSPS) is 11.0. The van der Waals surface area contributed by atoms with Gasteiger partial charge in [0.15, 0.2) is 0 Å². The van der Waals surface area contributed by atoms with Crippen LogP contribution in [0.25, 0.3) is 10.9 Å². The van der Waals surface area contributed by atoms with Gasteiger partial charge in [-0.1, -0.05) is 0 Å². The van der Waals surface area contributed by atoms with Gasteiger partial charge >= 0.3 is 0 Å². The highest BCUT2D eigenvalue weighted by Crippen LogP contribution is 2.28. The topological polar surface area (TPSA) is 74.0 Å². The summed E-state index contributed by atoms with van der Waals surface area (Å²) in [6, 6.07) is 5.77. The SMILES string of the molecule is COc1ccc2c(c1)c(C(=O)NCCc1ncnn1C)c(C)n2C. The van der Waals surface area contributed by atoms with Crippen LogP contribution in [-0.4, -0.2) is 38.9 Å². The van der Waals surface area contributed by atoms with Gasteiger partial charge < -0.3 is 14.6 Å². The fourth-order valence-corrected chi connectivity index (χ4v) is 2.89. The average molecular weight is 327 g/mol. The van der Waals surface area contributed by atoms with Gasteiger partial charge in [-0.15, -0.1) is 0 Å². The molecule has 2 heterocycles. The van der Waals surface area contributed by atoms with Crippen molar-refractivity contribution in [1.82, 2.24) is 24.6 Å². The molecule has 24 heavy (non-hydrogen) atoms. The van der Waals surface area contributed by atoms with Gasteiger partial charge in [0.2, 0.25) is 0 Å². The van der Waals surface area contributed by atoms with Crippen LogP contribution >= 0.6 is 0 Å². The van der Waals surface area contributed by atoms with Crippen molar-refractivity contribution in [3.05, 3.63) is 41.6 Å². The summed E-state index contributed by atoms with van der Waals surface area (Å²) in [6.45, 7) is 2.45. The van der Waals surface area contributed by atoms with E-state index in [1.54, 1.807) is 11.8 Å². The standard InChI is InChI=1S/C17H21N5O2/c1-11-16(13-9-12(24-4)5-6-14(13)21(11)2)17(23)18-8-7-15-19-10-20-22(15)3/h5-6,9-10H,7-8H2,1-4H3,(H,18,23). The molecule has 7 nitrogen and oxygen atoms in total. The number of fused-ring (bicyclic) bond motifs is 1.